The number of nitrogens with one attached hydrogen (secondary N) is 1. The van der Waals surface area contributed by atoms with Crippen LogP contribution >= 0.6 is 11.5 Å². The Kier molecular flexibility index (Phi) is 3.47. The molecule has 0 aromatic carbocycles. The lowest BCUT2D eigenvalue weighted by Crippen LogP contribution is -2.12. The molecule has 3 nitrogen and oxygen atoms in total. The zero-order valence-electron chi connectivity index (χ0n) is 7.79. The van der Waals surface area contributed by atoms with Gasteiger partial charge in [-0.25, -0.2) is 4.98 Å². The lowest BCUT2D eigenvalue weighted by molar-refractivity contribution is 0.761. The molecule has 1 atom stereocenters. The van der Waals surface area contributed by atoms with Crippen molar-refractivity contribution >= 4 is 16.7 Å². The van der Waals surface area contributed by atoms with Gasteiger partial charge in [0, 0.05) is 24.0 Å². The number of nitrogens with zero attached hydrogens (tertiary/aromatic N) is 2. The molecule has 0 aliphatic rings. The summed E-state index contributed by atoms with van der Waals surface area (Å²) in [6.07, 6.45) is 2.03. The van der Waals surface area contributed by atoms with Gasteiger partial charge in [-0.2, -0.15) is 4.37 Å². The van der Waals surface area contributed by atoms with E-state index in [1.165, 1.54) is 11.5 Å². The molecule has 4 heteroatoms. The van der Waals surface area contributed by atoms with Crippen LogP contribution in [0, 0.1) is 0 Å². The Morgan fingerprint density at radius 3 is 2.75 bits per heavy atom. The molecule has 1 unspecified atom stereocenters. The third kappa shape index (κ3) is 2.44. The summed E-state index contributed by atoms with van der Waals surface area (Å²) in [5, 5.41) is 4.24. The van der Waals surface area contributed by atoms with Crippen molar-refractivity contribution in [3.8, 4) is 0 Å². The molecule has 0 saturated carbocycles. The van der Waals surface area contributed by atoms with E-state index >= 15 is 0 Å². The van der Waals surface area contributed by atoms with Gasteiger partial charge in [-0.15, -0.1) is 0 Å². The topological polar surface area (TPSA) is 37.8 Å². The highest BCUT2D eigenvalue weighted by atomic mass is 32.1. The van der Waals surface area contributed by atoms with Crippen LogP contribution in [-0.2, 0) is 6.42 Å². The molecule has 12 heavy (non-hydrogen) atoms. The predicted molar refractivity (Wildman–Crippen MR) is 52.7 cm³/mol. The van der Waals surface area contributed by atoms with Crippen LogP contribution < -0.4 is 5.32 Å². The molecule has 1 rings (SSSR count). The number of rotatable bonds is 4. The van der Waals surface area contributed by atoms with Crippen LogP contribution in [0.5, 0.6) is 0 Å². The summed E-state index contributed by atoms with van der Waals surface area (Å²) in [5.74, 6) is 0.936. The molecule has 1 heterocycles. The molecule has 0 bridgehead atoms. The summed E-state index contributed by atoms with van der Waals surface area (Å²) in [5.41, 5.74) is 0. The molecular weight excluding hydrogens is 170 g/mol. The van der Waals surface area contributed by atoms with E-state index in [9.17, 15) is 0 Å². The Balaban J connectivity index is 2.52. The number of aryl methyl sites for hydroxylation is 1. The van der Waals surface area contributed by atoms with Crippen molar-refractivity contribution in [2.75, 3.05) is 5.32 Å². The lowest BCUT2D eigenvalue weighted by atomic mass is 10.3. The Hall–Kier alpha value is -0.640. The first-order valence-electron chi connectivity index (χ1n) is 4.35. The average molecular weight is 185 g/mol. The van der Waals surface area contributed by atoms with Crippen LogP contribution in [0.15, 0.2) is 0 Å². The van der Waals surface area contributed by atoms with Gasteiger partial charge in [-0.1, -0.05) is 13.8 Å². The second kappa shape index (κ2) is 4.40. The quantitative estimate of drug-likeness (QED) is 0.782. The summed E-state index contributed by atoms with van der Waals surface area (Å²) >= 11 is 1.45. The third-order valence-corrected chi connectivity index (χ3v) is 2.45. The molecule has 0 aliphatic heterocycles. The lowest BCUT2D eigenvalue weighted by Gasteiger charge is -2.07. The van der Waals surface area contributed by atoms with Gasteiger partial charge >= 0.3 is 0 Å². The van der Waals surface area contributed by atoms with E-state index in [2.05, 4.69) is 35.4 Å². The van der Waals surface area contributed by atoms with Crippen LogP contribution in [0.4, 0.5) is 5.13 Å². The predicted octanol–water partition coefficient (Wildman–Crippen LogP) is 2.31. The first-order chi connectivity index (χ1) is 5.76. The highest BCUT2D eigenvalue weighted by Gasteiger charge is 2.03. The molecule has 0 radical (unpaired) electrons. The fraction of sp³-hybridized carbons (Fsp3) is 0.750. The molecule has 0 fully saturated rings. The van der Waals surface area contributed by atoms with Crippen molar-refractivity contribution in [1.82, 2.24) is 9.36 Å². The molecule has 0 amide bonds. The summed E-state index contributed by atoms with van der Waals surface area (Å²) in [4.78, 5) is 4.31. The van der Waals surface area contributed by atoms with E-state index in [1.807, 2.05) is 0 Å². The van der Waals surface area contributed by atoms with Gasteiger partial charge in [0.1, 0.15) is 5.82 Å². The van der Waals surface area contributed by atoms with Gasteiger partial charge in [0.2, 0.25) is 5.13 Å². The van der Waals surface area contributed by atoms with Gasteiger partial charge in [0.25, 0.3) is 0 Å². The van der Waals surface area contributed by atoms with E-state index in [0.717, 1.165) is 23.8 Å². The second-order valence-corrected chi connectivity index (χ2v) is 3.57. The summed E-state index contributed by atoms with van der Waals surface area (Å²) in [6.45, 7) is 6.36. The normalized spacial score (nSPS) is 12.9. The van der Waals surface area contributed by atoms with Crippen LogP contribution in [0.3, 0.4) is 0 Å². The molecular formula is C8H15N3S. The minimum absolute atomic E-state index is 0.489. The molecule has 0 spiro atoms. The van der Waals surface area contributed by atoms with E-state index in [-0.39, 0.29) is 0 Å². The number of hydrogen-bond donors (Lipinski definition) is 1. The van der Waals surface area contributed by atoms with Crippen molar-refractivity contribution in [2.45, 2.75) is 39.7 Å². The van der Waals surface area contributed by atoms with Crippen molar-refractivity contribution < 1.29 is 0 Å². The average Bonchev–Trinajstić information content (AvgIpc) is 2.52. The summed E-state index contributed by atoms with van der Waals surface area (Å²) in [7, 11) is 0. The monoisotopic (exact) mass is 185 g/mol. The van der Waals surface area contributed by atoms with Gasteiger partial charge in [0.05, 0.1) is 0 Å². The maximum Gasteiger partial charge on any atom is 0.202 e. The summed E-state index contributed by atoms with van der Waals surface area (Å²) < 4.78 is 4.19. The minimum atomic E-state index is 0.489. The van der Waals surface area contributed by atoms with Crippen LogP contribution in [0.25, 0.3) is 0 Å². The highest BCUT2D eigenvalue weighted by molar-refractivity contribution is 7.09. The van der Waals surface area contributed by atoms with Gasteiger partial charge in [-0.3, -0.25) is 0 Å². The molecule has 1 aromatic rings. The first kappa shape index (κ1) is 9.45. The number of anilines is 1. The Bertz CT molecular complexity index is 234. The van der Waals surface area contributed by atoms with Gasteiger partial charge in [-0.05, 0) is 13.3 Å². The van der Waals surface area contributed by atoms with E-state index in [0.29, 0.717) is 6.04 Å². The number of aromatic nitrogens is 2. The van der Waals surface area contributed by atoms with Crippen molar-refractivity contribution in [3.63, 3.8) is 0 Å². The largest absolute Gasteiger partial charge is 0.358 e. The SMILES string of the molecule is CCc1nsc(NC(C)CC)n1. The Morgan fingerprint density at radius 1 is 1.50 bits per heavy atom. The zero-order valence-corrected chi connectivity index (χ0v) is 8.61. The Morgan fingerprint density at radius 2 is 2.25 bits per heavy atom. The van der Waals surface area contributed by atoms with Crippen molar-refractivity contribution in [1.29, 1.82) is 0 Å². The van der Waals surface area contributed by atoms with Gasteiger partial charge < -0.3 is 5.32 Å². The van der Waals surface area contributed by atoms with Crippen LogP contribution in [-0.4, -0.2) is 15.4 Å². The van der Waals surface area contributed by atoms with Gasteiger partial charge in [0.15, 0.2) is 0 Å². The first-order valence-corrected chi connectivity index (χ1v) is 5.12. The van der Waals surface area contributed by atoms with E-state index < -0.39 is 0 Å². The minimum Gasteiger partial charge on any atom is -0.358 e. The number of hydrogen-bond acceptors (Lipinski definition) is 4. The fourth-order valence-corrected chi connectivity index (χ4v) is 1.53. The molecule has 68 valence electrons. The van der Waals surface area contributed by atoms with E-state index in [1.54, 1.807) is 0 Å². The van der Waals surface area contributed by atoms with Crippen molar-refractivity contribution in [2.24, 2.45) is 0 Å². The zero-order chi connectivity index (χ0) is 8.97. The highest BCUT2D eigenvalue weighted by Crippen LogP contribution is 2.12. The smallest absolute Gasteiger partial charge is 0.202 e. The summed E-state index contributed by atoms with van der Waals surface area (Å²) in [6, 6.07) is 0.489. The fourth-order valence-electron chi connectivity index (χ4n) is 0.769. The maximum atomic E-state index is 4.31. The third-order valence-electron chi connectivity index (χ3n) is 1.77. The van der Waals surface area contributed by atoms with Crippen LogP contribution in [0.2, 0.25) is 0 Å². The second-order valence-electron chi connectivity index (χ2n) is 2.82. The molecule has 0 aliphatic carbocycles. The van der Waals surface area contributed by atoms with Crippen molar-refractivity contribution in [3.05, 3.63) is 5.82 Å². The maximum absolute atomic E-state index is 4.31. The Labute approximate surface area is 77.4 Å². The standard InChI is InChI=1S/C8H15N3S/c1-4-6(3)9-8-10-7(5-2)11-12-8/h6H,4-5H2,1-3H3,(H,9,10,11). The molecule has 0 saturated heterocycles. The molecule has 1 N–H and O–H groups in total. The van der Waals surface area contributed by atoms with E-state index in [4.69, 9.17) is 0 Å². The molecule has 1 aromatic heterocycles. The van der Waals surface area contributed by atoms with Crippen LogP contribution in [0.1, 0.15) is 33.0 Å².